The lowest BCUT2D eigenvalue weighted by atomic mass is 9.84. The molecule has 3 aliphatic rings. The van der Waals surface area contributed by atoms with Crippen molar-refractivity contribution in [3.8, 4) is 0 Å². The van der Waals surface area contributed by atoms with Gasteiger partial charge in [-0.25, -0.2) is 4.79 Å². The minimum absolute atomic E-state index is 0.106. The van der Waals surface area contributed by atoms with Gasteiger partial charge in [0.05, 0.1) is 18.6 Å². The molecule has 3 fully saturated rings. The topological polar surface area (TPSA) is 78.9 Å². The number of halogens is 3. The van der Waals surface area contributed by atoms with Crippen LogP contribution in [0, 0.1) is 17.8 Å². The Morgan fingerprint density at radius 2 is 1.96 bits per heavy atom. The summed E-state index contributed by atoms with van der Waals surface area (Å²) in [6.07, 6.45) is -6.39. The van der Waals surface area contributed by atoms with Gasteiger partial charge in [-0.05, 0) is 13.3 Å². The number of alkyl halides is 3. The fourth-order valence-corrected chi connectivity index (χ4v) is 6.18. The number of rotatable bonds is 5. The summed E-state index contributed by atoms with van der Waals surface area (Å²) in [4.78, 5) is 11.2. The highest BCUT2D eigenvalue weighted by atomic mass is 32.2. The molecule has 6 unspecified atom stereocenters. The van der Waals surface area contributed by atoms with Crippen LogP contribution in [-0.2, 0) is 28.6 Å². The lowest BCUT2D eigenvalue weighted by Crippen LogP contribution is -2.47. The van der Waals surface area contributed by atoms with Crippen molar-refractivity contribution in [3.63, 3.8) is 0 Å². The third-order valence-electron chi connectivity index (χ3n) is 4.88. The van der Waals surface area contributed by atoms with Gasteiger partial charge in [0.2, 0.25) is 0 Å². The second-order valence-corrected chi connectivity index (χ2v) is 8.12. The van der Waals surface area contributed by atoms with Crippen LogP contribution in [0.4, 0.5) is 13.2 Å². The molecule has 0 radical (unpaired) electrons. The van der Waals surface area contributed by atoms with Gasteiger partial charge in [-0.3, -0.25) is 4.18 Å². The van der Waals surface area contributed by atoms with E-state index in [1.807, 2.05) is 0 Å². The Bertz CT molecular complexity index is 658. The number of fused-ring (bicyclic) bond motifs is 1. The van der Waals surface area contributed by atoms with E-state index in [1.165, 1.54) is 6.92 Å². The van der Waals surface area contributed by atoms with Crippen molar-refractivity contribution in [2.75, 3.05) is 13.2 Å². The summed E-state index contributed by atoms with van der Waals surface area (Å²) in [7, 11) is -4.25. The maximum atomic E-state index is 13.3. The normalized spacial score (nSPS) is 39.2. The summed E-state index contributed by atoms with van der Waals surface area (Å²) in [6.45, 7) is 4.57. The largest absolute Gasteiger partial charge is 0.460 e. The molecule has 6 nitrogen and oxygen atoms in total. The van der Waals surface area contributed by atoms with Crippen LogP contribution in [0.15, 0.2) is 12.2 Å². The van der Waals surface area contributed by atoms with Crippen LogP contribution in [0.5, 0.6) is 0 Å². The van der Waals surface area contributed by atoms with Crippen molar-refractivity contribution in [2.45, 2.75) is 37.0 Å². The van der Waals surface area contributed by atoms with Crippen LogP contribution < -0.4 is 0 Å². The van der Waals surface area contributed by atoms with Gasteiger partial charge in [0.15, 0.2) is 0 Å². The first-order chi connectivity index (χ1) is 11.0. The fraction of sp³-hybridized carbons (Fsp3) is 0.786. The molecule has 0 aromatic heterocycles. The molecule has 136 valence electrons. The Morgan fingerprint density at radius 1 is 1.29 bits per heavy atom. The van der Waals surface area contributed by atoms with Gasteiger partial charge in [0, 0.05) is 17.4 Å². The predicted molar refractivity (Wildman–Crippen MR) is 74.2 cm³/mol. The van der Waals surface area contributed by atoms with Gasteiger partial charge >= 0.3 is 12.1 Å². The maximum Gasteiger partial charge on any atom is 0.393 e. The Balaban J connectivity index is 1.68. The molecule has 0 amide bonds. The van der Waals surface area contributed by atoms with E-state index in [2.05, 4.69) is 6.58 Å². The van der Waals surface area contributed by atoms with E-state index >= 15 is 0 Å². The monoisotopic (exact) mass is 370 g/mol. The number of carbonyl (C=O) groups is 1. The molecule has 0 spiro atoms. The van der Waals surface area contributed by atoms with Gasteiger partial charge in [0.1, 0.15) is 18.0 Å². The highest BCUT2D eigenvalue weighted by molar-refractivity contribution is 7.87. The van der Waals surface area contributed by atoms with Crippen molar-refractivity contribution >= 4 is 16.1 Å². The average Bonchev–Trinajstić information content (AvgIpc) is 3.03. The lowest BCUT2D eigenvalue weighted by molar-refractivity contribution is -0.201. The molecular formula is C14H17F3O6S. The van der Waals surface area contributed by atoms with Gasteiger partial charge < -0.3 is 9.47 Å². The number of carbonyl (C=O) groups excluding carboxylic acids is 1. The molecule has 1 aliphatic heterocycles. The number of hydrogen-bond donors (Lipinski definition) is 0. The number of esters is 1. The van der Waals surface area contributed by atoms with Crippen LogP contribution in [0.25, 0.3) is 0 Å². The zero-order chi connectivity index (χ0) is 17.9. The van der Waals surface area contributed by atoms with Crippen LogP contribution in [0.1, 0.15) is 13.3 Å². The van der Waals surface area contributed by atoms with E-state index in [9.17, 15) is 26.4 Å². The van der Waals surface area contributed by atoms with Crippen molar-refractivity contribution in [1.82, 2.24) is 0 Å². The molecule has 10 heteroatoms. The number of hydrogen-bond acceptors (Lipinski definition) is 6. The van der Waals surface area contributed by atoms with E-state index in [0.29, 0.717) is 0 Å². The predicted octanol–water partition coefficient (Wildman–Crippen LogP) is 1.42. The maximum absolute atomic E-state index is 13.3. The van der Waals surface area contributed by atoms with Crippen molar-refractivity contribution in [1.29, 1.82) is 0 Å². The number of ether oxygens (including phenoxy) is 2. The second kappa shape index (κ2) is 5.70. The van der Waals surface area contributed by atoms with Crippen molar-refractivity contribution < 1.29 is 40.0 Å². The Hall–Kier alpha value is -1.13. The Kier molecular flexibility index (Phi) is 4.20. The van der Waals surface area contributed by atoms with Gasteiger partial charge in [-0.1, -0.05) is 6.58 Å². The first kappa shape index (κ1) is 17.7. The third kappa shape index (κ3) is 2.74. The Morgan fingerprint density at radius 3 is 2.54 bits per heavy atom. The smallest absolute Gasteiger partial charge is 0.393 e. The van der Waals surface area contributed by atoms with E-state index in [-0.39, 0.29) is 25.2 Å². The summed E-state index contributed by atoms with van der Waals surface area (Å²) in [5.41, 5.74) is 0.195. The molecule has 2 bridgehead atoms. The summed E-state index contributed by atoms with van der Waals surface area (Å²) >= 11 is 0. The van der Waals surface area contributed by atoms with E-state index in [1.54, 1.807) is 0 Å². The minimum Gasteiger partial charge on any atom is -0.460 e. The summed E-state index contributed by atoms with van der Waals surface area (Å²) in [5.74, 6) is -4.26. The molecule has 0 aromatic rings. The molecule has 24 heavy (non-hydrogen) atoms. The standard InChI is InChI=1S/C14H17F3O6S/c1-6(2)13(18)22-4-3-21-10-7-5-8-11(10)23-24(19,20)12(8)9(7)14(15,16)17/h7-12H,1,3-5H2,2H3. The first-order valence-electron chi connectivity index (χ1n) is 7.47. The van der Waals surface area contributed by atoms with Crippen molar-refractivity contribution in [2.24, 2.45) is 17.8 Å². The zero-order valence-corrected chi connectivity index (χ0v) is 13.6. The average molecular weight is 370 g/mol. The molecule has 2 saturated carbocycles. The van der Waals surface area contributed by atoms with Crippen LogP contribution in [-0.4, -0.2) is 51.2 Å². The zero-order valence-electron chi connectivity index (χ0n) is 12.8. The molecule has 6 atom stereocenters. The first-order valence-corrected chi connectivity index (χ1v) is 8.94. The van der Waals surface area contributed by atoms with Gasteiger partial charge in [0.25, 0.3) is 10.1 Å². The third-order valence-corrected chi connectivity index (χ3v) is 6.68. The van der Waals surface area contributed by atoms with E-state index < -0.39 is 57.5 Å². The van der Waals surface area contributed by atoms with E-state index in [4.69, 9.17) is 13.7 Å². The minimum atomic E-state index is -4.64. The molecule has 1 heterocycles. The molecule has 0 aromatic carbocycles. The summed E-state index contributed by atoms with van der Waals surface area (Å²) < 4.78 is 78.9. The molecule has 0 N–H and O–H groups in total. The second-order valence-electron chi connectivity index (χ2n) is 6.40. The quantitative estimate of drug-likeness (QED) is 0.315. The van der Waals surface area contributed by atoms with Crippen LogP contribution >= 0.6 is 0 Å². The van der Waals surface area contributed by atoms with Gasteiger partial charge in [-0.2, -0.15) is 21.6 Å². The van der Waals surface area contributed by atoms with Crippen LogP contribution in [0.2, 0.25) is 0 Å². The van der Waals surface area contributed by atoms with Crippen molar-refractivity contribution in [3.05, 3.63) is 12.2 Å². The van der Waals surface area contributed by atoms with E-state index in [0.717, 1.165) is 0 Å². The summed E-state index contributed by atoms with van der Waals surface area (Å²) in [6, 6.07) is 0. The van der Waals surface area contributed by atoms with Crippen LogP contribution in [0.3, 0.4) is 0 Å². The molecule has 2 aliphatic carbocycles. The van der Waals surface area contributed by atoms with Gasteiger partial charge in [-0.15, -0.1) is 0 Å². The molecular weight excluding hydrogens is 353 g/mol. The molecule has 1 saturated heterocycles. The SMILES string of the molecule is C=C(C)C(=O)OCCOC1C2CC3C1OS(=O)(=O)C3C2C(F)(F)F. The lowest BCUT2D eigenvalue weighted by Gasteiger charge is -2.32. The molecule has 3 rings (SSSR count). The highest BCUT2D eigenvalue weighted by Gasteiger charge is 2.74. The highest BCUT2D eigenvalue weighted by Crippen LogP contribution is 2.62. The fourth-order valence-electron chi connectivity index (χ4n) is 4.08. The Labute approximate surface area is 137 Å². The summed E-state index contributed by atoms with van der Waals surface area (Å²) in [5, 5.41) is -1.53.